The second kappa shape index (κ2) is 4.77. The van der Waals surface area contributed by atoms with Crippen molar-refractivity contribution in [3.05, 3.63) is 41.2 Å². The Balaban J connectivity index is 2.77. The largest absolute Gasteiger partial charge is 0.330 e. The summed E-state index contributed by atoms with van der Waals surface area (Å²) < 4.78 is 12.7. The number of nitrogens with two attached hydrogens (primary N) is 1. The first-order valence-electron chi connectivity index (χ1n) is 4.37. The van der Waals surface area contributed by atoms with Gasteiger partial charge in [0, 0.05) is 0 Å². The van der Waals surface area contributed by atoms with Gasteiger partial charge in [-0.3, -0.25) is 0 Å². The van der Waals surface area contributed by atoms with Crippen molar-refractivity contribution in [3.63, 3.8) is 0 Å². The molecular formula is C11H14FN. The van der Waals surface area contributed by atoms with Gasteiger partial charge in [-0.1, -0.05) is 18.2 Å². The van der Waals surface area contributed by atoms with Gasteiger partial charge < -0.3 is 5.73 Å². The van der Waals surface area contributed by atoms with Gasteiger partial charge in [-0.25, -0.2) is 4.39 Å². The highest BCUT2D eigenvalue weighted by Gasteiger charge is 1.95. The SMILES string of the molecule is Cc1cc(F)ccc1/C=C/CCN. The first-order chi connectivity index (χ1) is 6.24. The molecule has 2 N–H and O–H groups in total. The van der Waals surface area contributed by atoms with Gasteiger partial charge in [0.15, 0.2) is 0 Å². The summed E-state index contributed by atoms with van der Waals surface area (Å²) in [5, 5.41) is 0. The van der Waals surface area contributed by atoms with E-state index in [2.05, 4.69) is 0 Å². The van der Waals surface area contributed by atoms with Crippen LogP contribution in [-0.2, 0) is 0 Å². The molecule has 2 heteroatoms. The summed E-state index contributed by atoms with van der Waals surface area (Å²) in [7, 11) is 0. The monoisotopic (exact) mass is 179 g/mol. The highest BCUT2D eigenvalue weighted by molar-refractivity contribution is 5.53. The molecule has 0 amide bonds. The molecule has 0 saturated heterocycles. The lowest BCUT2D eigenvalue weighted by Crippen LogP contribution is -1.95. The maximum absolute atomic E-state index is 12.7. The molecule has 0 aliphatic rings. The third kappa shape index (κ3) is 2.99. The van der Waals surface area contributed by atoms with E-state index in [-0.39, 0.29) is 5.82 Å². The van der Waals surface area contributed by atoms with Gasteiger partial charge in [0.25, 0.3) is 0 Å². The van der Waals surface area contributed by atoms with E-state index < -0.39 is 0 Å². The van der Waals surface area contributed by atoms with E-state index in [4.69, 9.17) is 5.73 Å². The summed E-state index contributed by atoms with van der Waals surface area (Å²) in [5.41, 5.74) is 7.35. The van der Waals surface area contributed by atoms with Gasteiger partial charge in [0.1, 0.15) is 5.82 Å². The van der Waals surface area contributed by atoms with Crippen molar-refractivity contribution in [3.8, 4) is 0 Å². The number of hydrogen-bond acceptors (Lipinski definition) is 1. The summed E-state index contributed by atoms with van der Waals surface area (Å²) in [6, 6.07) is 4.77. The Labute approximate surface area is 78.1 Å². The first kappa shape index (κ1) is 9.93. The van der Waals surface area contributed by atoms with Crippen molar-refractivity contribution in [1.82, 2.24) is 0 Å². The van der Waals surface area contributed by atoms with E-state index in [0.29, 0.717) is 6.54 Å². The van der Waals surface area contributed by atoms with Crippen LogP contribution >= 0.6 is 0 Å². The molecule has 1 rings (SSSR count). The Morgan fingerprint density at radius 2 is 2.23 bits per heavy atom. The summed E-state index contributed by atoms with van der Waals surface area (Å²) >= 11 is 0. The lowest BCUT2D eigenvalue weighted by atomic mass is 10.1. The normalized spacial score (nSPS) is 11.0. The minimum Gasteiger partial charge on any atom is -0.330 e. The van der Waals surface area contributed by atoms with Gasteiger partial charge in [-0.2, -0.15) is 0 Å². The molecule has 0 bridgehead atoms. The summed E-state index contributed by atoms with van der Waals surface area (Å²) in [6.45, 7) is 2.54. The summed E-state index contributed by atoms with van der Waals surface area (Å²) in [4.78, 5) is 0. The second-order valence-corrected chi connectivity index (χ2v) is 2.98. The van der Waals surface area contributed by atoms with Gasteiger partial charge in [0.2, 0.25) is 0 Å². The molecule has 0 radical (unpaired) electrons. The standard InChI is InChI=1S/C11H14FN/c1-9-8-11(12)6-5-10(9)4-2-3-7-13/h2,4-6,8H,3,7,13H2,1H3/b4-2+. The smallest absolute Gasteiger partial charge is 0.123 e. The van der Waals surface area contributed by atoms with Crippen LogP contribution in [0, 0.1) is 12.7 Å². The van der Waals surface area contributed by atoms with Crippen LogP contribution in [0.2, 0.25) is 0 Å². The highest BCUT2D eigenvalue weighted by atomic mass is 19.1. The van der Waals surface area contributed by atoms with Crippen molar-refractivity contribution in [2.24, 2.45) is 5.73 Å². The minimum absolute atomic E-state index is 0.187. The van der Waals surface area contributed by atoms with E-state index in [9.17, 15) is 4.39 Å². The van der Waals surface area contributed by atoms with Crippen LogP contribution in [-0.4, -0.2) is 6.54 Å². The van der Waals surface area contributed by atoms with E-state index in [1.165, 1.54) is 12.1 Å². The first-order valence-corrected chi connectivity index (χ1v) is 4.37. The van der Waals surface area contributed by atoms with E-state index in [1.807, 2.05) is 19.1 Å². The van der Waals surface area contributed by atoms with E-state index in [0.717, 1.165) is 17.5 Å². The molecule has 1 aromatic rings. The lowest BCUT2D eigenvalue weighted by molar-refractivity contribution is 0.626. The molecule has 0 aliphatic heterocycles. The third-order valence-corrected chi connectivity index (χ3v) is 1.86. The molecule has 13 heavy (non-hydrogen) atoms. The maximum atomic E-state index is 12.7. The fourth-order valence-electron chi connectivity index (χ4n) is 1.13. The average molecular weight is 179 g/mol. The number of benzene rings is 1. The number of halogens is 1. The van der Waals surface area contributed by atoms with Crippen molar-refractivity contribution in [2.75, 3.05) is 6.54 Å². The highest BCUT2D eigenvalue weighted by Crippen LogP contribution is 2.11. The zero-order valence-corrected chi connectivity index (χ0v) is 7.76. The molecule has 0 saturated carbocycles. The fourth-order valence-corrected chi connectivity index (χ4v) is 1.13. The Morgan fingerprint density at radius 3 is 2.85 bits per heavy atom. The molecule has 0 heterocycles. The minimum atomic E-state index is -0.187. The Bertz CT molecular complexity index is 305. The van der Waals surface area contributed by atoms with Crippen LogP contribution in [0.5, 0.6) is 0 Å². The lowest BCUT2D eigenvalue weighted by Gasteiger charge is -1.99. The van der Waals surface area contributed by atoms with Crippen molar-refractivity contribution in [2.45, 2.75) is 13.3 Å². The van der Waals surface area contributed by atoms with Crippen LogP contribution in [0.25, 0.3) is 6.08 Å². The van der Waals surface area contributed by atoms with Crippen molar-refractivity contribution < 1.29 is 4.39 Å². The third-order valence-electron chi connectivity index (χ3n) is 1.86. The van der Waals surface area contributed by atoms with Crippen LogP contribution in [0.4, 0.5) is 4.39 Å². The molecule has 70 valence electrons. The van der Waals surface area contributed by atoms with Crippen molar-refractivity contribution in [1.29, 1.82) is 0 Å². The van der Waals surface area contributed by atoms with Crippen molar-refractivity contribution >= 4 is 6.08 Å². The molecule has 0 atom stereocenters. The predicted octanol–water partition coefficient (Wildman–Crippen LogP) is 2.50. The topological polar surface area (TPSA) is 26.0 Å². The zero-order valence-electron chi connectivity index (χ0n) is 7.76. The number of rotatable bonds is 3. The Kier molecular flexibility index (Phi) is 3.65. The second-order valence-electron chi connectivity index (χ2n) is 2.98. The average Bonchev–Trinajstić information content (AvgIpc) is 2.09. The molecular weight excluding hydrogens is 165 g/mol. The van der Waals surface area contributed by atoms with Gasteiger partial charge in [0.05, 0.1) is 0 Å². The zero-order chi connectivity index (χ0) is 9.68. The Hall–Kier alpha value is -1.15. The molecule has 0 aromatic heterocycles. The molecule has 0 fully saturated rings. The molecule has 1 nitrogen and oxygen atoms in total. The van der Waals surface area contributed by atoms with Gasteiger partial charge >= 0.3 is 0 Å². The quantitative estimate of drug-likeness (QED) is 0.758. The van der Waals surface area contributed by atoms with E-state index >= 15 is 0 Å². The molecule has 1 aromatic carbocycles. The number of hydrogen-bond donors (Lipinski definition) is 1. The Morgan fingerprint density at radius 1 is 1.46 bits per heavy atom. The van der Waals surface area contributed by atoms with E-state index in [1.54, 1.807) is 6.07 Å². The van der Waals surface area contributed by atoms with Crippen LogP contribution in [0.15, 0.2) is 24.3 Å². The summed E-state index contributed by atoms with van der Waals surface area (Å²) in [6.07, 6.45) is 4.83. The summed E-state index contributed by atoms with van der Waals surface area (Å²) in [5.74, 6) is -0.187. The number of aryl methyl sites for hydroxylation is 1. The van der Waals surface area contributed by atoms with Crippen LogP contribution in [0.1, 0.15) is 17.5 Å². The fraction of sp³-hybridized carbons (Fsp3) is 0.273. The maximum Gasteiger partial charge on any atom is 0.123 e. The molecule has 0 aliphatic carbocycles. The van der Waals surface area contributed by atoms with Crippen LogP contribution in [0.3, 0.4) is 0 Å². The van der Waals surface area contributed by atoms with Gasteiger partial charge in [-0.15, -0.1) is 0 Å². The molecule has 0 spiro atoms. The van der Waals surface area contributed by atoms with Crippen LogP contribution < -0.4 is 5.73 Å². The van der Waals surface area contributed by atoms with Gasteiger partial charge in [-0.05, 0) is 43.1 Å². The predicted molar refractivity (Wildman–Crippen MR) is 53.8 cm³/mol. The molecule has 0 unspecified atom stereocenters.